The van der Waals surface area contributed by atoms with Crippen molar-refractivity contribution in [3.8, 4) is 0 Å². The molecule has 21 heavy (non-hydrogen) atoms. The highest BCUT2D eigenvalue weighted by molar-refractivity contribution is 5.87. The zero-order chi connectivity index (χ0) is 15.7. The number of hydrogen-bond acceptors (Lipinski definition) is 5. The van der Waals surface area contributed by atoms with Crippen LogP contribution in [0.25, 0.3) is 0 Å². The normalized spacial score (nSPS) is 10.4. The zero-order valence-electron chi connectivity index (χ0n) is 13.1. The number of rotatable bonds is 9. The minimum Gasteiger partial charge on any atom is -0.466 e. The first-order chi connectivity index (χ1) is 10.1. The molecule has 0 saturated heterocycles. The second kappa shape index (κ2) is 9.15. The Morgan fingerprint density at radius 2 is 1.86 bits per heavy atom. The number of nitrogens with zero attached hydrogens (tertiary/aromatic N) is 2. The summed E-state index contributed by atoms with van der Waals surface area (Å²) in [4.78, 5) is 23.1. The predicted molar refractivity (Wildman–Crippen MR) is 78.0 cm³/mol. The summed E-state index contributed by atoms with van der Waals surface area (Å²) < 4.78 is 11.6. The standard InChI is InChI=1S/C15H24N2O4/c1-4-12-11-13(15(19)21-6-3)17(16-12)10-8-7-9-14(18)20-5-2/h11H,4-10H2,1-3H3. The molecule has 0 N–H and O–H groups in total. The van der Waals surface area contributed by atoms with E-state index < -0.39 is 0 Å². The largest absolute Gasteiger partial charge is 0.466 e. The van der Waals surface area contributed by atoms with E-state index in [-0.39, 0.29) is 11.9 Å². The van der Waals surface area contributed by atoms with Crippen LogP contribution >= 0.6 is 0 Å². The number of carbonyl (C=O) groups is 2. The summed E-state index contributed by atoms with van der Waals surface area (Å²) in [5, 5.41) is 4.38. The van der Waals surface area contributed by atoms with E-state index in [0.29, 0.717) is 38.3 Å². The molecule has 0 bridgehead atoms. The minimum atomic E-state index is -0.352. The molecule has 0 spiro atoms. The van der Waals surface area contributed by atoms with Gasteiger partial charge in [0.2, 0.25) is 0 Å². The van der Waals surface area contributed by atoms with E-state index in [9.17, 15) is 9.59 Å². The number of hydrogen-bond donors (Lipinski definition) is 0. The highest BCUT2D eigenvalue weighted by Gasteiger charge is 2.15. The third-order valence-electron chi connectivity index (χ3n) is 2.98. The van der Waals surface area contributed by atoms with Gasteiger partial charge in [0.1, 0.15) is 5.69 Å². The minimum absolute atomic E-state index is 0.183. The van der Waals surface area contributed by atoms with Gasteiger partial charge in [-0.1, -0.05) is 6.92 Å². The van der Waals surface area contributed by atoms with Gasteiger partial charge in [-0.15, -0.1) is 0 Å². The highest BCUT2D eigenvalue weighted by Crippen LogP contribution is 2.10. The van der Waals surface area contributed by atoms with Crippen molar-refractivity contribution in [3.63, 3.8) is 0 Å². The first kappa shape index (κ1) is 17.2. The fourth-order valence-corrected chi connectivity index (χ4v) is 1.95. The Morgan fingerprint density at radius 3 is 2.48 bits per heavy atom. The monoisotopic (exact) mass is 296 g/mol. The first-order valence-corrected chi connectivity index (χ1v) is 7.51. The molecule has 0 aromatic carbocycles. The van der Waals surface area contributed by atoms with Crippen molar-refractivity contribution in [2.75, 3.05) is 13.2 Å². The van der Waals surface area contributed by atoms with E-state index in [0.717, 1.165) is 18.5 Å². The molecule has 0 fully saturated rings. The Kier molecular flexibility index (Phi) is 7.50. The summed E-state index contributed by atoms with van der Waals surface area (Å²) >= 11 is 0. The molecule has 0 atom stereocenters. The van der Waals surface area contributed by atoms with E-state index in [4.69, 9.17) is 9.47 Å². The fourth-order valence-electron chi connectivity index (χ4n) is 1.95. The van der Waals surface area contributed by atoms with E-state index in [1.165, 1.54) is 0 Å². The van der Waals surface area contributed by atoms with Gasteiger partial charge in [0.05, 0.1) is 18.9 Å². The summed E-state index contributed by atoms with van der Waals surface area (Å²) in [6.07, 6.45) is 2.63. The number of unbranched alkanes of at least 4 members (excludes halogenated alkanes) is 1. The Morgan fingerprint density at radius 1 is 1.14 bits per heavy atom. The van der Waals surface area contributed by atoms with Gasteiger partial charge in [-0.25, -0.2) is 4.79 Å². The molecule has 1 heterocycles. The van der Waals surface area contributed by atoms with Gasteiger partial charge >= 0.3 is 11.9 Å². The molecule has 0 saturated carbocycles. The van der Waals surface area contributed by atoms with Crippen molar-refractivity contribution in [2.45, 2.75) is 53.0 Å². The number of esters is 2. The molecule has 0 unspecified atom stereocenters. The van der Waals surface area contributed by atoms with Gasteiger partial charge in [-0.2, -0.15) is 5.10 Å². The van der Waals surface area contributed by atoms with Crippen molar-refractivity contribution in [1.29, 1.82) is 0 Å². The van der Waals surface area contributed by atoms with Crippen LogP contribution < -0.4 is 0 Å². The van der Waals surface area contributed by atoms with Crippen LogP contribution in [0.3, 0.4) is 0 Å². The summed E-state index contributed by atoms with van der Waals surface area (Å²) in [6, 6.07) is 1.77. The van der Waals surface area contributed by atoms with Crippen LogP contribution in [0.4, 0.5) is 0 Å². The average molecular weight is 296 g/mol. The van der Waals surface area contributed by atoms with Gasteiger partial charge < -0.3 is 9.47 Å². The molecular weight excluding hydrogens is 272 g/mol. The zero-order valence-corrected chi connectivity index (χ0v) is 13.1. The highest BCUT2D eigenvalue weighted by atomic mass is 16.5. The van der Waals surface area contributed by atoms with Crippen LogP contribution in [-0.4, -0.2) is 34.9 Å². The molecular formula is C15H24N2O4. The number of aryl methyl sites for hydroxylation is 2. The molecule has 0 aliphatic carbocycles. The van der Waals surface area contributed by atoms with Gasteiger partial charge in [-0.3, -0.25) is 9.48 Å². The first-order valence-electron chi connectivity index (χ1n) is 7.51. The van der Waals surface area contributed by atoms with Gasteiger partial charge in [0.15, 0.2) is 0 Å². The topological polar surface area (TPSA) is 70.4 Å². The molecule has 1 aromatic rings. The van der Waals surface area contributed by atoms with E-state index in [1.807, 2.05) is 6.92 Å². The third-order valence-corrected chi connectivity index (χ3v) is 2.98. The Balaban J connectivity index is 2.55. The van der Waals surface area contributed by atoms with Crippen LogP contribution in [0.2, 0.25) is 0 Å². The predicted octanol–water partition coefficient (Wildman–Crippen LogP) is 2.36. The number of aromatic nitrogens is 2. The van der Waals surface area contributed by atoms with Crippen molar-refractivity contribution >= 4 is 11.9 Å². The molecule has 0 aliphatic heterocycles. The van der Waals surface area contributed by atoms with Crippen LogP contribution in [0.15, 0.2) is 6.07 Å². The second-order valence-electron chi connectivity index (χ2n) is 4.58. The van der Waals surface area contributed by atoms with E-state index >= 15 is 0 Å². The van der Waals surface area contributed by atoms with Crippen LogP contribution in [0.1, 0.15) is 56.2 Å². The molecule has 6 nitrogen and oxygen atoms in total. The van der Waals surface area contributed by atoms with Crippen molar-refractivity contribution in [1.82, 2.24) is 9.78 Å². The average Bonchev–Trinajstić information content (AvgIpc) is 2.87. The van der Waals surface area contributed by atoms with Crippen molar-refractivity contribution in [3.05, 3.63) is 17.5 Å². The molecule has 1 rings (SSSR count). The molecule has 0 aliphatic rings. The van der Waals surface area contributed by atoms with Gasteiger partial charge in [-0.05, 0) is 39.2 Å². The number of carbonyl (C=O) groups excluding carboxylic acids is 2. The maximum Gasteiger partial charge on any atom is 0.356 e. The van der Waals surface area contributed by atoms with Crippen LogP contribution in [-0.2, 0) is 27.2 Å². The second-order valence-corrected chi connectivity index (χ2v) is 4.58. The van der Waals surface area contributed by atoms with Crippen molar-refractivity contribution in [2.24, 2.45) is 0 Å². The quantitative estimate of drug-likeness (QED) is 0.517. The lowest BCUT2D eigenvalue weighted by molar-refractivity contribution is -0.143. The lowest BCUT2D eigenvalue weighted by atomic mass is 10.2. The van der Waals surface area contributed by atoms with Crippen molar-refractivity contribution < 1.29 is 19.1 Å². The van der Waals surface area contributed by atoms with Crippen LogP contribution in [0, 0.1) is 0 Å². The summed E-state index contributed by atoms with van der Waals surface area (Å²) in [5.41, 5.74) is 1.34. The maximum atomic E-state index is 11.9. The SMILES string of the molecule is CCOC(=O)CCCCn1nc(CC)cc1C(=O)OCC. The maximum absolute atomic E-state index is 11.9. The third kappa shape index (κ3) is 5.57. The summed E-state index contributed by atoms with van der Waals surface area (Å²) in [7, 11) is 0. The Hall–Kier alpha value is -1.85. The Bertz CT molecular complexity index is 468. The molecule has 118 valence electrons. The fraction of sp³-hybridized carbons (Fsp3) is 0.667. The lowest BCUT2D eigenvalue weighted by Gasteiger charge is -2.06. The van der Waals surface area contributed by atoms with Gasteiger partial charge in [0.25, 0.3) is 0 Å². The summed E-state index contributed by atoms with van der Waals surface area (Å²) in [6.45, 7) is 6.90. The number of ether oxygens (including phenoxy) is 2. The lowest BCUT2D eigenvalue weighted by Crippen LogP contribution is -2.14. The molecule has 6 heteroatoms. The van der Waals surface area contributed by atoms with E-state index in [2.05, 4.69) is 5.10 Å². The Labute approximate surface area is 125 Å². The van der Waals surface area contributed by atoms with E-state index in [1.54, 1.807) is 24.6 Å². The van der Waals surface area contributed by atoms with Crippen LogP contribution in [0.5, 0.6) is 0 Å². The molecule has 0 radical (unpaired) electrons. The smallest absolute Gasteiger partial charge is 0.356 e. The molecule has 1 aromatic heterocycles. The molecule has 0 amide bonds. The summed E-state index contributed by atoms with van der Waals surface area (Å²) in [5.74, 6) is -0.534. The van der Waals surface area contributed by atoms with Gasteiger partial charge in [0, 0.05) is 13.0 Å².